The predicted octanol–water partition coefficient (Wildman–Crippen LogP) is 2.10. The molecule has 104 valence electrons. The molecule has 1 aromatic heterocycles. The van der Waals surface area contributed by atoms with E-state index >= 15 is 0 Å². The number of piperidine rings is 1. The largest absolute Gasteiger partial charge is 0.370 e. The van der Waals surface area contributed by atoms with E-state index < -0.39 is 4.92 Å². The number of pyridine rings is 1. The Balaban J connectivity index is 1.83. The van der Waals surface area contributed by atoms with Crippen molar-refractivity contribution in [3.8, 4) is 0 Å². The molecule has 0 aromatic carbocycles. The van der Waals surface area contributed by atoms with Gasteiger partial charge in [0.15, 0.2) is 0 Å². The molecule has 1 aliphatic rings. The monoisotopic (exact) mass is 264 g/mol. The Kier molecular flexibility index (Phi) is 4.68. The van der Waals surface area contributed by atoms with Gasteiger partial charge in [-0.15, -0.1) is 0 Å². The summed E-state index contributed by atoms with van der Waals surface area (Å²) in [5.74, 6) is 1.47. The molecule has 1 aliphatic heterocycles. The summed E-state index contributed by atoms with van der Waals surface area (Å²) in [6.07, 6.45) is 4.93. The lowest BCUT2D eigenvalue weighted by Gasteiger charge is -2.22. The maximum Gasteiger partial charge on any atom is 0.287 e. The number of hydrogen-bond acceptors (Lipinski definition) is 5. The molecular weight excluding hydrogens is 244 g/mol. The van der Waals surface area contributed by atoms with Gasteiger partial charge in [0, 0.05) is 12.6 Å². The molecular formula is C13H20N4O2. The van der Waals surface area contributed by atoms with E-state index in [4.69, 9.17) is 0 Å². The third kappa shape index (κ3) is 3.89. The Morgan fingerprint density at radius 2 is 2.47 bits per heavy atom. The van der Waals surface area contributed by atoms with Gasteiger partial charge < -0.3 is 10.6 Å². The molecule has 6 nitrogen and oxygen atoms in total. The molecule has 0 amide bonds. The second-order valence-electron chi connectivity index (χ2n) is 5.04. The number of nitrogens with one attached hydrogen (secondary N) is 2. The van der Waals surface area contributed by atoms with Crippen molar-refractivity contribution in [2.24, 2.45) is 5.92 Å². The summed E-state index contributed by atoms with van der Waals surface area (Å²) in [7, 11) is 0. The lowest BCUT2D eigenvalue weighted by atomic mass is 9.96. The van der Waals surface area contributed by atoms with Gasteiger partial charge in [0.05, 0.1) is 4.92 Å². The maximum absolute atomic E-state index is 10.6. The highest BCUT2D eigenvalue weighted by atomic mass is 16.6. The standard InChI is InChI=1S/C13H20N4O2/c1-10-7-12(17(18)19)9-16-13(10)15-6-4-11-3-2-5-14-8-11/h7,9,11,14H,2-6,8H2,1H3,(H,15,16). The van der Waals surface area contributed by atoms with Crippen LogP contribution in [-0.4, -0.2) is 29.5 Å². The highest BCUT2D eigenvalue weighted by Crippen LogP contribution is 2.19. The van der Waals surface area contributed by atoms with E-state index in [1.165, 1.54) is 19.0 Å². The van der Waals surface area contributed by atoms with Crippen LogP contribution in [0.3, 0.4) is 0 Å². The summed E-state index contributed by atoms with van der Waals surface area (Å²) in [5.41, 5.74) is 0.857. The zero-order valence-electron chi connectivity index (χ0n) is 11.2. The first-order valence-electron chi connectivity index (χ1n) is 6.72. The fourth-order valence-corrected chi connectivity index (χ4v) is 2.41. The highest BCUT2D eigenvalue weighted by Gasteiger charge is 2.13. The molecule has 1 aromatic rings. The predicted molar refractivity (Wildman–Crippen MR) is 74.3 cm³/mol. The molecule has 1 saturated heterocycles. The second kappa shape index (κ2) is 6.47. The third-order valence-electron chi connectivity index (χ3n) is 3.52. The van der Waals surface area contributed by atoms with Crippen LogP contribution in [0.4, 0.5) is 11.5 Å². The fourth-order valence-electron chi connectivity index (χ4n) is 2.41. The van der Waals surface area contributed by atoms with Crippen LogP contribution in [-0.2, 0) is 0 Å². The minimum absolute atomic E-state index is 0.0412. The van der Waals surface area contributed by atoms with E-state index in [9.17, 15) is 10.1 Å². The topological polar surface area (TPSA) is 80.1 Å². The van der Waals surface area contributed by atoms with Crippen molar-refractivity contribution in [3.05, 3.63) is 27.9 Å². The average Bonchev–Trinajstić information content (AvgIpc) is 2.41. The Bertz CT molecular complexity index is 444. The van der Waals surface area contributed by atoms with Gasteiger partial charge in [0.1, 0.15) is 12.0 Å². The van der Waals surface area contributed by atoms with Gasteiger partial charge in [-0.3, -0.25) is 10.1 Å². The maximum atomic E-state index is 10.6. The van der Waals surface area contributed by atoms with E-state index in [2.05, 4.69) is 15.6 Å². The first-order chi connectivity index (χ1) is 9.16. The number of rotatable bonds is 5. The summed E-state index contributed by atoms with van der Waals surface area (Å²) < 4.78 is 0. The summed E-state index contributed by atoms with van der Waals surface area (Å²) in [5, 5.41) is 17.3. The Morgan fingerprint density at radius 1 is 1.63 bits per heavy atom. The summed E-state index contributed by atoms with van der Waals surface area (Å²) >= 11 is 0. The van der Waals surface area contributed by atoms with Crippen molar-refractivity contribution in [1.29, 1.82) is 0 Å². The van der Waals surface area contributed by atoms with Crippen LogP contribution in [0.25, 0.3) is 0 Å². The summed E-state index contributed by atoms with van der Waals surface area (Å²) in [4.78, 5) is 14.3. The number of aromatic nitrogens is 1. The molecule has 2 rings (SSSR count). The van der Waals surface area contributed by atoms with Crippen molar-refractivity contribution in [1.82, 2.24) is 10.3 Å². The van der Waals surface area contributed by atoms with Gasteiger partial charge in [-0.05, 0) is 50.8 Å². The van der Waals surface area contributed by atoms with Crippen LogP contribution in [0.1, 0.15) is 24.8 Å². The van der Waals surface area contributed by atoms with Crippen LogP contribution in [0.2, 0.25) is 0 Å². The molecule has 2 heterocycles. The Morgan fingerprint density at radius 3 is 3.11 bits per heavy atom. The Labute approximate surface area is 112 Å². The third-order valence-corrected chi connectivity index (χ3v) is 3.52. The molecule has 2 N–H and O–H groups in total. The molecule has 0 saturated carbocycles. The van der Waals surface area contributed by atoms with E-state index in [1.54, 1.807) is 6.07 Å². The van der Waals surface area contributed by atoms with E-state index in [1.807, 2.05) is 6.92 Å². The average molecular weight is 264 g/mol. The van der Waals surface area contributed by atoms with Gasteiger partial charge in [-0.25, -0.2) is 4.98 Å². The van der Waals surface area contributed by atoms with Gasteiger partial charge in [0.2, 0.25) is 0 Å². The van der Waals surface area contributed by atoms with Crippen molar-refractivity contribution in [3.63, 3.8) is 0 Å². The lowest BCUT2D eigenvalue weighted by Crippen LogP contribution is -2.30. The number of anilines is 1. The van der Waals surface area contributed by atoms with Crippen LogP contribution in [0.5, 0.6) is 0 Å². The molecule has 0 radical (unpaired) electrons. The first kappa shape index (κ1) is 13.7. The second-order valence-corrected chi connectivity index (χ2v) is 5.04. The summed E-state index contributed by atoms with van der Waals surface area (Å²) in [6.45, 7) is 4.92. The van der Waals surface area contributed by atoms with E-state index in [-0.39, 0.29) is 5.69 Å². The summed E-state index contributed by atoms with van der Waals surface area (Å²) in [6, 6.07) is 1.55. The minimum Gasteiger partial charge on any atom is -0.370 e. The molecule has 19 heavy (non-hydrogen) atoms. The molecule has 1 fully saturated rings. The number of nitro groups is 1. The number of aryl methyl sites for hydroxylation is 1. The van der Waals surface area contributed by atoms with E-state index in [0.29, 0.717) is 0 Å². The van der Waals surface area contributed by atoms with Crippen LogP contribution in [0.15, 0.2) is 12.3 Å². The fraction of sp³-hybridized carbons (Fsp3) is 0.615. The SMILES string of the molecule is Cc1cc([N+](=O)[O-])cnc1NCCC1CCCNC1. The number of nitrogens with zero attached hydrogens (tertiary/aromatic N) is 2. The van der Waals surface area contributed by atoms with Gasteiger partial charge >= 0.3 is 0 Å². The van der Waals surface area contributed by atoms with Crippen molar-refractivity contribution >= 4 is 11.5 Å². The van der Waals surface area contributed by atoms with Gasteiger partial charge in [0.25, 0.3) is 5.69 Å². The molecule has 0 spiro atoms. The zero-order valence-corrected chi connectivity index (χ0v) is 11.2. The molecule has 1 atom stereocenters. The van der Waals surface area contributed by atoms with E-state index in [0.717, 1.165) is 43.4 Å². The zero-order chi connectivity index (χ0) is 13.7. The Hall–Kier alpha value is -1.69. The molecule has 0 bridgehead atoms. The molecule has 6 heteroatoms. The highest BCUT2D eigenvalue weighted by molar-refractivity contribution is 5.48. The molecule has 1 unspecified atom stereocenters. The van der Waals surface area contributed by atoms with Gasteiger partial charge in [-0.2, -0.15) is 0 Å². The van der Waals surface area contributed by atoms with Crippen molar-refractivity contribution in [2.75, 3.05) is 25.0 Å². The van der Waals surface area contributed by atoms with Gasteiger partial charge in [-0.1, -0.05) is 0 Å². The van der Waals surface area contributed by atoms with Crippen molar-refractivity contribution < 1.29 is 4.92 Å². The van der Waals surface area contributed by atoms with Crippen LogP contribution >= 0.6 is 0 Å². The normalized spacial score (nSPS) is 19.1. The smallest absolute Gasteiger partial charge is 0.287 e. The quantitative estimate of drug-likeness (QED) is 0.629. The minimum atomic E-state index is -0.419. The van der Waals surface area contributed by atoms with Crippen LogP contribution in [0, 0.1) is 23.0 Å². The van der Waals surface area contributed by atoms with Crippen molar-refractivity contribution in [2.45, 2.75) is 26.2 Å². The lowest BCUT2D eigenvalue weighted by molar-refractivity contribution is -0.385. The first-order valence-corrected chi connectivity index (χ1v) is 6.72. The van der Waals surface area contributed by atoms with Crippen LogP contribution < -0.4 is 10.6 Å². The molecule has 0 aliphatic carbocycles. The number of hydrogen-bond donors (Lipinski definition) is 2.